The molecule has 2 saturated carbocycles. The smallest absolute Gasteiger partial charge is 0.411 e. The molecule has 0 radical (unpaired) electrons. The normalized spacial score (nSPS) is 15.0. The standard InChI is InChI=1S/C32H28FN5O6S2/c33-25-14-26-27(45-31(38-26)29(46(42,43)23-10-11-23)30(40)35-16-28(39)36-21-8-9-21)13-24(25)20-4-6-22(7-5-20)37-32(41)44-17-19-3-1-2-18(12-19)15-34/h1-7,12-14,21,23,29H,8-11,16-17H2,(H,35,40)(H,36,39)(H,37,41). The number of anilines is 1. The van der Waals surface area contributed by atoms with Crippen molar-refractivity contribution >= 4 is 55.0 Å². The summed E-state index contributed by atoms with van der Waals surface area (Å²) in [5, 5.41) is 14.5. The highest BCUT2D eigenvalue weighted by molar-refractivity contribution is 7.93. The molecule has 0 spiro atoms. The minimum atomic E-state index is -3.94. The van der Waals surface area contributed by atoms with Crippen LogP contribution in [0.1, 0.15) is 47.1 Å². The van der Waals surface area contributed by atoms with Crippen molar-refractivity contribution in [2.45, 2.75) is 48.8 Å². The van der Waals surface area contributed by atoms with Crippen LogP contribution in [0.5, 0.6) is 0 Å². The molecular formula is C32H28FN5O6S2. The molecule has 0 bridgehead atoms. The lowest BCUT2D eigenvalue weighted by Gasteiger charge is -2.15. The molecule has 46 heavy (non-hydrogen) atoms. The number of hydrogen-bond donors (Lipinski definition) is 3. The van der Waals surface area contributed by atoms with E-state index in [4.69, 9.17) is 10.00 Å². The molecule has 6 rings (SSSR count). The summed E-state index contributed by atoms with van der Waals surface area (Å²) >= 11 is 0.986. The van der Waals surface area contributed by atoms with Gasteiger partial charge in [-0.15, -0.1) is 11.3 Å². The molecule has 2 fully saturated rings. The van der Waals surface area contributed by atoms with Crippen LogP contribution in [-0.4, -0.2) is 49.1 Å². The Hall–Kier alpha value is -4.87. The topological polar surface area (TPSA) is 167 Å². The number of rotatable bonds is 11. The average Bonchev–Trinajstić information content (AvgIpc) is 3.98. The number of hydrogen-bond acceptors (Lipinski definition) is 9. The summed E-state index contributed by atoms with van der Waals surface area (Å²) < 4.78 is 47.7. The van der Waals surface area contributed by atoms with Crippen molar-refractivity contribution in [2.24, 2.45) is 0 Å². The van der Waals surface area contributed by atoms with Crippen LogP contribution in [0, 0.1) is 17.1 Å². The van der Waals surface area contributed by atoms with E-state index in [1.165, 1.54) is 6.07 Å². The van der Waals surface area contributed by atoms with Crippen molar-refractivity contribution in [2.75, 3.05) is 11.9 Å². The Morgan fingerprint density at radius 2 is 1.83 bits per heavy atom. The fraction of sp³-hybridized carbons (Fsp3) is 0.281. The van der Waals surface area contributed by atoms with E-state index in [2.05, 4.69) is 20.9 Å². The third-order valence-corrected chi connectivity index (χ3v) is 11.2. The van der Waals surface area contributed by atoms with Crippen LogP contribution in [-0.2, 0) is 30.8 Å². The zero-order valence-corrected chi connectivity index (χ0v) is 25.9. The second-order valence-electron chi connectivity index (χ2n) is 11.2. The maximum Gasteiger partial charge on any atom is 0.411 e. The van der Waals surface area contributed by atoms with Gasteiger partial charge in [0.15, 0.2) is 15.1 Å². The first-order valence-corrected chi connectivity index (χ1v) is 17.0. The van der Waals surface area contributed by atoms with Gasteiger partial charge >= 0.3 is 6.09 Å². The Morgan fingerprint density at radius 3 is 2.52 bits per heavy atom. The fourth-order valence-electron chi connectivity index (χ4n) is 4.82. The van der Waals surface area contributed by atoms with Crippen LogP contribution >= 0.6 is 11.3 Å². The highest BCUT2D eigenvalue weighted by Crippen LogP contribution is 2.41. The van der Waals surface area contributed by atoms with Crippen molar-refractivity contribution in [3.8, 4) is 17.2 Å². The summed E-state index contributed by atoms with van der Waals surface area (Å²) in [7, 11) is -3.94. The van der Waals surface area contributed by atoms with E-state index in [1.54, 1.807) is 54.6 Å². The van der Waals surface area contributed by atoms with Gasteiger partial charge in [0.2, 0.25) is 11.8 Å². The van der Waals surface area contributed by atoms with Gasteiger partial charge in [-0.1, -0.05) is 24.3 Å². The van der Waals surface area contributed by atoms with Crippen LogP contribution < -0.4 is 16.0 Å². The highest BCUT2D eigenvalue weighted by atomic mass is 32.2. The van der Waals surface area contributed by atoms with Crippen molar-refractivity contribution in [1.29, 1.82) is 5.26 Å². The maximum atomic E-state index is 15.3. The summed E-state index contributed by atoms with van der Waals surface area (Å²) in [6.45, 7) is -0.379. The van der Waals surface area contributed by atoms with Gasteiger partial charge in [0.25, 0.3) is 0 Å². The monoisotopic (exact) mass is 661 g/mol. The molecule has 2 aliphatic rings. The minimum absolute atomic E-state index is 0.0101. The number of thiazole rings is 1. The lowest BCUT2D eigenvalue weighted by Crippen LogP contribution is -2.41. The molecule has 1 heterocycles. The van der Waals surface area contributed by atoms with E-state index in [0.29, 0.717) is 39.9 Å². The van der Waals surface area contributed by atoms with Gasteiger partial charge in [0.1, 0.15) is 17.4 Å². The zero-order chi connectivity index (χ0) is 32.4. The van der Waals surface area contributed by atoms with Crippen LogP contribution in [0.25, 0.3) is 21.3 Å². The number of sulfone groups is 1. The predicted octanol–water partition coefficient (Wildman–Crippen LogP) is 4.74. The van der Waals surface area contributed by atoms with Crippen LogP contribution in [0.3, 0.4) is 0 Å². The molecule has 1 aromatic heterocycles. The molecule has 0 saturated heterocycles. The summed E-state index contributed by atoms with van der Waals surface area (Å²) in [6.07, 6.45) is 1.93. The third kappa shape index (κ3) is 7.16. The lowest BCUT2D eigenvalue weighted by molar-refractivity contribution is -0.126. The Labute approximate surface area is 267 Å². The molecule has 1 atom stereocenters. The minimum Gasteiger partial charge on any atom is -0.444 e. The van der Waals surface area contributed by atoms with Gasteiger partial charge in [-0.25, -0.2) is 22.6 Å². The molecule has 2 aliphatic carbocycles. The Morgan fingerprint density at radius 1 is 1.07 bits per heavy atom. The molecule has 4 aromatic rings. The molecule has 1 unspecified atom stereocenters. The van der Waals surface area contributed by atoms with Crippen LogP contribution in [0.2, 0.25) is 0 Å². The number of benzene rings is 3. The van der Waals surface area contributed by atoms with E-state index in [1.807, 2.05) is 6.07 Å². The molecule has 236 valence electrons. The number of nitrogens with zero attached hydrogens (tertiary/aromatic N) is 2. The second kappa shape index (κ2) is 12.9. The summed E-state index contributed by atoms with van der Waals surface area (Å²) in [4.78, 5) is 41.9. The molecule has 3 aromatic carbocycles. The number of nitrogens with one attached hydrogen (secondary N) is 3. The Bertz CT molecular complexity index is 1980. The van der Waals surface area contributed by atoms with Gasteiger partial charge in [-0.2, -0.15) is 5.26 Å². The predicted molar refractivity (Wildman–Crippen MR) is 169 cm³/mol. The number of carbonyl (C=O) groups is 3. The first-order valence-electron chi connectivity index (χ1n) is 14.5. The average molecular weight is 662 g/mol. The first-order chi connectivity index (χ1) is 22.1. The third-order valence-electron chi connectivity index (χ3n) is 7.51. The zero-order valence-electron chi connectivity index (χ0n) is 24.3. The van der Waals surface area contributed by atoms with Crippen LogP contribution in [0.15, 0.2) is 60.7 Å². The van der Waals surface area contributed by atoms with Gasteiger partial charge in [-0.05, 0) is 67.1 Å². The van der Waals surface area contributed by atoms with Crippen molar-refractivity contribution in [3.05, 3.63) is 82.6 Å². The molecule has 14 heteroatoms. The fourth-order valence-corrected chi connectivity index (χ4v) is 8.23. The maximum absolute atomic E-state index is 15.3. The van der Waals surface area contributed by atoms with E-state index in [9.17, 15) is 22.8 Å². The molecule has 3 amide bonds. The van der Waals surface area contributed by atoms with Gasteiger partial charge < -0.3 is 15.4 Å². The van der Waals surface area contributed by atoms with Gasteiger partial charge in [-0.3, -0.25) is 14.9 Å². The Balaban J connectivity index is 1.17. The van der Waals surface area contributed by atoms with Crippen LogP contribution in [0.4, 0.5) is 14.9 Å². The molecular weight excluding hydrogens is 634 g/mol. The second-order valence-corrected chi connectivity index (χ2v) is 14.5. The quantitative estimate of drug-likeness (QED) is 0.207. The number of ether oxygens (including phenoxy) is 1. The van der Waals surface area contributed by atoms with Crippen molar-refractivity contribution in [1.82, 2.24) is 15.6 Å². The number of carbonyl (C=O) groups excluding carboxylic acids is 3. The van der Waals surface area contributed by atoms with E-state index < -0.39 is 44.1 Å². The summed E-state index contributed by atoms with van der Waals surface area (Å²) in [6, 6.07) is 17.9. The number of halogens is 1. The van der Waals surface area contributed by atoms with Gasteiger partial charge in [0, 0.05) is 23.4 Å². The summed E-state index contributed by atoms with van der Waals surface area (Å²) in [5.41, 5.74) is 2.44. The first kappa shape index (κ1) is 31.1. The highest BCUT2D eigenvalue weighted by Gasteiger charge is 2.47. The molecule has 3 N–H and O–H groups in total. The Kier molecular flexibility index (Phi) is 8.70. The van der Waals surface area contributed by atoms with E-state index in [-0.39, 0.29) is 35.3 Å². The number of nitriles is 1. The SMILES string of the molecule is N#Cc1cccc(COC(=O)Nc2ccc(-c3cc4sc(C(C(=O)NCC(=O)NC5CC5)S(=O)(=O)C5CC5)nc4cc3F)cc2)c1. The van der Waals surface area contributed by atoms with E-state index in [0.717, 1.165) is 24.2 Å². The van der Waals surface area contributed by atoms with Crippen molar-refractivity contribution in [3.63, 3.8) is 0 Å². The number of fused-ring (bicyclic) bond motifs is 1. The van der Waals surface area contributed by atoms with E-state index >= 15 is 4.39 Å². The number of amides is 3. The van der Waals surface area contributed by atoms with Crippen molar-refractivity contribution < 1.29 is 31.9 Å². The molecule has 0 aliphatic heterocycles. The largest absolute Gasteiger partial charge is 0.444 e. The van der Waals surface area contributed by atoms with Gasteiger partial charge in [0.05, 0.1) is 33.6 Å². The number of aromatic nitrogens is 1. The lowest BCUT2D eigenvalue weighted by atomic mass is 10.0. The summed E-state index contributed by atoms with van der Waals surface area (Å²) in [5.74, 6) is -1.84. The molecule has 11 nitrogen and oxygen atoms in total.